The van der Waals surface area contributed by atoms with E-state index >= 15 is 0 Å². The molecule has 2 rings (SSSR count). The van der Waals surface area contributed by atoms with Crippen molar-refractivity contribution in [3.8, 4) is 0 Å². The first-order valence-corrected chi connectivity index (χ1v) is 6.45. The molecule has 3 nitrogen and oxygen atoms in total. The van der Waals surface area contributed by atoms with Crippen LogP contribution in [-0.2, 0) is 4.79 Å². The van der Waals surface area contributed by atoms with E-state index in [0.29, 0.717) is 5.41 Å². The third-order valence-electron chi connectivity index (χ3n) is 4.74. The van der Waals surface area contributed by atoms with Gasteiger partial charge in [-0.3, -0.25) is 4.79 Å². The van der Waals surface area contributed by atoms with Crippen LogP contribution in [0.2, 0.25) is 0 Å². The summed E-state index contributed by atoms with van der Waals surface area (Å²) in [4.78, 5) is 11.5. The molecule has 3 N–H and O–H groups in total. The highest BCUT2D eigenvalue weighted by Crippen LogP contribution is 2.47. The van der Waals surface area contributed by atoms with Gasteiger partial charge in [0.25, 0.3) is 0 Å². The van der Waals surface area contributed by atoms with Gasteiger partial charge >= 0.3 is 0 Å². The van der Waals surface area contributed by atoms with Crippen molar-refractivity contribution < 1.29 is 4.79 Å². The zero-order valence-electron chi connectivity index (χ0n) is 10.5. The molecule has 1 aliphatic carbocycles. The van der Waals surface area contributed by atoms with Gasteiger partial charge in [0.2, 0.25) is 5.91 Å². The summed E-state index contributed by atoms with van der Waals surface area (Å²) < 4.78 is 0. The fourth-order valence-corrected chi connectivity index (χ4v) is 3.49. The van der Waals surface area contributed by atoms with E-state index in [1.807, 2.05) is 0 Å². The number of amides is 1. The Balaban J connectivity index is 2.15. The number of primary amides is 1. The van der Waals surface area contributed by atoms with Gasteiger partial charge in [0.1, 0.15) is 0 Å². The van der Waals surface area contributed by atoms with Crippen LogP contribution in [0.15, 0.2) is 0 Å². The molecular formula is C13H24N2O. The Morgan fingerprint density at radius 1 is 1.25 bits per heavy atom. The molecule has 0 aromatic rings. The van der Waals surface area contributed by atoms with Crippen molar-refractivity contribution in [3.63, 3.8) is 0 Å². The highest BCUT2D eigenvalue weighted by molar-refractivity contribution is 5.78. The standard InChI is InChI=1S/C13H24N2O/c1-12(2)4-3-5-13(7-6-12)9-15-8-10(13)11(14)16/h10,15H,3-9H2,1-2H3,(H2,14,16). The van der Waals surface area contributed by atoms with E-state index in [1.165, 1.54) is 19.3 Å². The number of hydrogen-bond acceptors (Lipinski definition) is 2. The molecule has 1 amide bonds. The van der Waals surface area contributed by atoms with Crippen LogP contribution in [0.1, 0.15) is 46.0 Å². The summed E-state index contributed by atoms with van der Waals surface area (Å²) in [7, 11) is 0. The quantitative estimate of drug-likeness (QED) is 0.712. The van der Waals surface area contributed by atoms with Crippen LogP contribution in [0.3, 0.4) is 0 Å². The van der Waals surface area contributed by atoms with Gasteiger partial charge in [-0.1, -0.05) is 20.3 Å². The van der Waals surface area contributed by atoms with Crippen LogP contribution < -0.4 is 11.1 Å². The minimum absolute atomic E-state index is 0.0569. The molecule has 1 aliphatic heterocycles. The first-order chi connectivity index (χ1) is 7.45. The molecule has 0 bridgehead atoms. The monoisotopic (exact) mass is 224 g/mol. The Morgan fingerprint density at radius 3 is 2.69 bits per heavy atom. The highest BCUT2D eigenvalue weighted by atomic mass is 16.1. The fraction of sp³-hybridized carbons (Fsp3) is 0.923. The Labute approximate surface area is 98.2 Å². The van der Waals surface area contributed by atoms with E-state index < -0.39 is 0 Å². The van der Waals surface area contributed by atoms with Gasteiger partial charge in [-0.25, -0.2) is 0 Å². The van der Waals surface area contributed by atoms with E-state index in [0.717, 1.165) is 25.9 Å². The number of carbonyl (C=O) groups is 1. The predicted molar refractivity (Wildman–Crippen MR) is 64.9 cm³/mol. The molecule has 2 fully saturated rings. The predicted octanol–water partition coefficient (Wildman–Crippen LogP) is 1.67. The normalized spacial score (nSPS) is 38.5. The van der Waals surface area contributed by atoms with E-state index in [9.17, 15) is 4.79 Å². The van der Waals surface area contributed by atoms with Gasteiger partial charge in [0.15, 0.2) is 0 Å². The van der Waals surface area contributed by atoms with Crippen molar-refractivity contribution in [3.05, 3.63) is 0 Å². The molecule has 2 unspecified atom stereocenters. The Kier molecular flexibility index (Phi) is 2.99. The topological polar surface area (TPSA) is 55.1 Å². The van der Waals surface area contributed by atoms with Crippen molar-refractivity contribution in [1.29, 1.82) is 0 Å². The molecule has 0 aromatic carbocycles. The molecule has 16 heavy (non-hydrogen) atoms. The number of rotatable bonds is 1. The summed E-state index contributed by atoms with van der Waals surface area (Å²) in [6, 6.07) is 0. The minimum Gasteiger partial charge on any atom is -0.369 e. The second-order valence-corrected chi connectivity index (χ2v) is 6.47. The Morgan fingerprint density at radius 2 is 2.00 bits per heavy atom. The van der Waals surface area contributed by atoms with Gasteiger partial charge in [0.05, 0.1) is 5.92 Å². The lowest BCUT2D eigenvalue weighted by Crippen LogP contribution is -2.38. The summed E-state index contributed by atoms with van der Waals surface area (Å²) in [6.07, 6.45) is 6.05. The third-order valence-corrected chi connectivity index (χ3v) is 4.74. The van der Waals surface area contributed by atoms with Gasteiger partial charge in [-0.2, -0.15) is 0 Å². The molecular weight excluding hydrogens is 200 g/mol. The van der Waals surface area contributed by atoms with Crippen LogP contribution in [0.25, 0.3) is 0 Å². The number of nitrogens with two attached hydrogens (primary N) is 1. The minimum atomic E-state index is -0.107. The highest BCUT2D eigenvalue weighted by Gasteiger charge is 2.47. The molecule has 0 radical (unpaired) electrons. The van der Waals surface area contributed by atoms with E-state index in [4.69, 9.17) is 5.73 Å². The van der Waals surface area contributed by atoms with E-state index in [2.05, 4.69) is 19.2 Å². The lowest BCUT2D eigenvalue weighted by atomic mass is 9.71. The molecule has 2 aliphatic rings. The van der Waals surface area contributed by atoms with E-state index in [-0.39, 0.29) is 17.2 Å². The fourth-order valence-electron chi connectivity index (χ4n) is 3.49. The van der Waals surface area contributed by atoms with Crippen LogP contribution >= 0.6 is 0 Å². The summed E-state index contributed by atoms with van der Waals surface area (Å²) in [5.74, 6) is -0.0499. The van der Waals surface area contributed by atoms with Crippen LogP contribution in [0, 0.1) is 16.7 Å². The van der Waals surface area contributed by atoms with Crippen LogP contribution in [0.4, 0.5) is 0 Å². The van der Waals surface area contributed by atoms with Gasteiger partial charge < -0.3 is 11.1 Å². The lowest BCUT2D eigenvalue weighted by molar-refractivity contribution is -0.124. The summed E-state index contributed by atoms with van der Waals surface area (Å²) >= 11 is 0. The molecule has 0 aromatic heterocycles. The number of nitrogens with one attached hydrogen (secondary N) is 1. The van der Waals surface area contributed by atoms with Crippen molar-refractivity contribution in [2.75, 3.05) is 13.1 Å². The average Bonchev–Trinajstić information content (AvgIpc) is 2.52. The Hall–Kier alpha value is -0.570. The SMILES string of the molecule is CC1(C)CCCC2(CC1)CNCC2C(N)=O. The summed E-state index contributed by atoms with van der Waals surface area (Å²) in [5.41, 5.74) is 6.15. The molecule has 1 saturated carbocycles. The van der Waals surface area contributed by atoms with Crippen LogP contribution in [-0.4, -0.2) is 19.0 Å². The third kappa shape index (κ3) is 2.10. The maximum atomic E-state index is 11.5. The van der Waals surface area contributed by atoms with E-state index in [1.54, 1.807) is 0 Å². The zero-order chi connectivity index (χ0) is 11.8. The van der Waals surface area contributed by atoms with Crippen molar-refractivity contribution in [2.45, 2.75) is 46.0 Å². The largest absolute Gasteiger partial charge is 0.369 e. The Bertz CT molecular complexity index is 288. The van der Waals surface area contributed by atoms with Crippen molar-refractivity contribution in [1.82, 2.24) is 5.32 Å². The number of hydrogen-bond donors (Lipinski definition) is 2. The second kappa shape index (κ2) is 4.02. The van der Waals surface area contributed by atoms with Crippen LogP contribution in [0.5, 0.6) is 0 Å². The number of carbonyl (C=O) groups excluding carboxylic acids is 1. The summed E-state index contributed by atoms with van der Waals surface area (Å²) in [5, 5.41) is 3.37. The van der Waals surface area contributed by atoms with Gasteiger partial charge in [0, 0.05) is 13.1 Å². The molecule has 3 heteroatoms. The van der Waals surface area contributed by atoms with Crippen molar-refractivity contribution in [2.24, 2.45) is 22.5 Å². The molecule has 1 spiro atoms. The lowest BCUT2D eigenvalue weighted by Gasteiger charge is -2.32. The first-order valence-electron chi connectivity index (χ1n) is 6.45. The molecule has 1 saturated heterocycles. The first kappa shape index (κ1) is 11.9. The molecule has 92 valence electrons. The maximum absolute atomic E-state index is 11.5. The van der Waals surface area contributed by atoms with Crippen molar-refractivity contribution >= 4 is 5.91 Å². The molecule has 2 atom stereocenters. The smallest absolute Gasteiger partial charge is 0.222 e. The summed E-state index contributed by atoms with van der Waals surface area (Å²) in [6.45, 7) is 6.45. The van der Waals surface area contributed by atoms with Gasteiger partial charge in [-0.05, 0) is 36.5 Å². The zero-order valence-corrected chi connectivity index (χ0v) is 10.5. The second-order valence-electron chi connectivity index (χ2n) is 6.47. The average molecular weight is 224 g/mol. The molecule has 1 heterocycles. The maximum Gasteiger partial charge on any atom is 0.222 e. The van der Waals surface area contributed by atoms with Gasteiger partial charge in [-0.15, -0.1) is 0 Å².